The smallest absolute Gasteiger partial charge is 0.0589 e. The van der Waals surface area contributed by atoms with Crippen LogP contribution in [0.1, 0.15) is 31.9 Å². The zero-order chi connectivity index (χ0) is 14.8. The summed E-state index contributed by atoms with van der Waals surface area (Å²) in [6, 6.07) is 11.1. The Morgan fingerprint density at radius 1 is 1.15 bits per heavy atom. The lowest BCUT2D eigenvalue weighted by molar-refractivity contribution is 0.137. The highest BCUT2D eigenvalue weighted by Gasteiger charge is 2.12. The molecule has 0 amide bonds. The van der Waals surface area contributed by atoms with E-state index in [2.05, 4.69) is 54.4 Å². The largest absolute Gasteiger partial charge is 0.383 e. The molecule has 0 spiro atoms. The van der Waals surface area contributed by atoms with Crippen molar-refractivity contribution < 1.29 is 4.74 Å². The van der Waals surface area contributed by atoms with Crippen LogP contribution in [-0.2, 0) is 4.74 Å². The molecule has 114 valence electrons. The first kappa shape index (κ1) is 17.2. The number of nitrogens with zero attached hydrogens (tertiary/aromatic N) is 1. The fourth-order valence-corrected chi connectivity index (χ4v) is 2.51. The molecule has 1 N–H and O–H groups in total. The number of nitrogens with one attached hydrogen (secondary N) is 1. The predicted molar refractivity (Wildman–Crippen MR) is 86.0 cm³/mol. The van der Waals surface area contributed by atoms with Gasteiger partial charge in [0.25, 0.3) is 0 Å². The monoisotopic (exact) mass is 278 g/mol. The lowest BCUT2D eigenvalue weighted by Gasteiger charge is -2.26. The number of hydrogen-bond acceptors (Lipinski definition) is 3. The maximum absolute atomic E-state index is 5.21. The second-order valence-corrected chi connectivity index (χ2v) is 5.73. The van der Waals surface area contributed by atoms with Crippen molar-refractivity contribution in [1.29, 1.82) is 0 Å². The van der Waals surface area contributed by atoms with Crippen LogP contribution >= 0.6 is 0 Å². The van der Waals surface area contributed by atoms with Crippen LogP contribution in [0.2, 0.25) is 0 Å². The number of rotatable bonds is 10. The van der Waals surface area contributed by atoms with E-state index in [1.807, 2.05) is 7.05 Å². The molecule has 3 heteroatoms. The third-order valence-corrected chi connectivity index (χ3v) is 3.52. The minimum Gasteiger partial charge on any atom is -0.383 e. The Morgan fingerprint density at radius 3 is 2.40 bits per heavy atom. The highest BCUT2D eigenvalue weighted by atomic mass is 16.5. The van der Waals surface area contributed by atoms with Gasteiger partial charge in [-0.25, -0.2) is 0 Å². The van der Waals surface area contributed by atoms with Crippen molar-refractivity contribution in [2.75, 3.05) is 40.4 Å². The highest BCUT2D eigenvalue weighted by molar-refractivity contribution is 5.18. The third-order valence-electron chi connectivity index (χ3n) is 3.52. The normalized spacial score (nSPS) is 13.1. The SMILES string of the molecule is CNC(CCN(CCOC)CC(C)C)c1ccccc1. The molecule has 1 rings (SSSR count). The first-order valence-corrected chi connectivity index (χ1v) is 7.60. The van der Waals surface area contributed by atoms with E-state index in [9.17, 15) is 0 Å². The first-order chi connectivity index (χ1) is 9.67. The molecule has 0 aliphatic rings. The Labute approximate surface area is 124 Å². The summed E-state index contributed by atoms with van der Waals surface area (Å²) in [6.45, 7) is 8.60. The summed E-state index contributed by atoms with van der Waals surface area (Å²) >= 11 is 0. The van der Waals surface area contributed by atoms with Gasteiger partial charge in [-0.05, 0) is 24.9 Å². The molecule has 0 saturated heterocycles. The second-order valence-electron chi connectivity index (χ2n) is 5.73. The van der Waals surface area contributed by atoms with Crippen molar-refractivity contribution in [3.05, 3.63) is 35.9 Å². The molecule has 1 aromatic carbocycles. The van der Waals surface area contributed by atoms with Gasteiger partial charge in [0.15, 0.2) is 0 Å². The van der Waals surface area contributed by atoms with Gasteiger partial charge in [0.1, 0.15) is 0 Å². The molecule has 0 aliphatic heterocycles. The van der Waals surface area contributed by atoms with Crippen molar-refractivity contribution in [1.82, 2.24) is 10.2 Å². The van der Waals surface area contributed by atoms with E-state index in [0.29, 0.717) is 12.0 Å². The molecule has 1 aromatic rings. The van der Waals surface area contributed by atoms with E-state index in [1.54, 1.807) is 7.11 Å². The van der Waals surface area contributed by atoms with Crippen molar-refractivity contribution in [3.63, 3.8) is 0 Å². The summed E-state index contributed by atoms with van der Waals surface area (Å²) in [6.07, 6.45) is 1.12. The third kappa shape index (κ3) is 6.51. The van der Waals surface area contributed by atoms with Crippen molar-refractivity contribution in [3.8, 4) is 0 Å². The highest BCUT2D eigenvalue weighted by Crippen LogP contribution is 2.16. The molecule has 0 bridgehead atoms. The summed E-state index contributed by atoms with van der Waals surface area (Å²) in [5.41, 5.74) is 1.37. The minimum atomic E-state index is 0.424. The zero-order valence-electron chi connectivity index (χ0n) is 13.4. The topological polar surface area (TPSA) is 24.5 Å². The van der Waals surface area contributed by atoms with Crippen LogP contribution in [-0.4, -0.2) is 45.3 Å². The summed E-state index contributed by atoms with van der Waals surface area (Å²) < 4.78 is 5.21. The van der Waals surface area contributed by atoms with E-state index < -0.39 is 0 Å². The molecular formula is C17H30N2O. The van der Waals surface area contributed by atoms with Gasteiger partial charge in [-0.15, -0.1) is 0 Å². The maximum Gasteiger partial charge on any atom is 0.0589 e. The fraction of sp³-hybridized carbons (Fsp3) is 0.647. The summed E-state index contributed by atoms with van der Waals surface area (Å²) in [7, 11) is 3.81. The van der Waals surface area contributed by atoms with Gasteiger partial charge in [-0.3, -0.25) is 0 Å². The van der Waals surface area contributed by atoms with Gasteiger partial charge in [0.05, 0.1) is 6.61 Å². The molecule has 0 heterocycles. The molecule has 1 unspecified atom stereocenters. The van der Waals surface area contributed by atoms with E-state index in [1.165, 1.54) is 5.56 Å². The van der Waals surface area contributed by atoms with Gasteiger partial charge in [-0.2, -0.15) is 0 Å². The van der Waals surface area contributed by atoms with Crippen molar-refractivity contribution in [2.45, 2.75) is 26.3 Å². The van der Waals surface area contributed by atoms with Gasteiger partial charge in [0.2, 0.25) is 0 Å². The van der Waals surface area contributed by atoms with E-state index in [0.717, 1.165) is 32.7 Å². The Hall–Kier alpha value is -0.900. The van der Waals surface area contributed by atoms with Crippen LogP contribution in [0.3, 0.4) is 0 Å². The number of hydrogen-bond donors (Lipinski definition) is 1. The number of ether oxygens (including phenoxy) is 1. The predicted octanol–water partition coefficient (Wildman–Crippen LogP) is 2.94. The first-order valence-electron chi connectivity index (χ1n) is 7.60. The number of benzene rings is 1. The van der Waals surface area contributed by atoms with E-state index >= 15 is 0 Å². The van der Waals surface area contributed by atoms with Gasteiger partial charge < -0.3 is 15.0 Å². The Balaban J connectivity index is 2.50. The quantitative estimate of drug-likeness (QED) is 0.712. The fourth-order valence-electron chi connectivity index (χ4n) is 2.51. The van der Waals surface area contributed by atoms with Crippen molar-refractivity contribution in [2.24, 2.45) is 5.92 Å². The zero-order valence-corrected chi connectivity index (χ0v) is 13.4. The second kappa shape index (κ2) is 9.92. The van der Waals surface area contributed by atoms with Crippen LogP contribution in [0.25, 0.3) is 0 Å². The maximum atomic E-state index is 5.21. The van der Waals surface area contributed by atoms with Gasteiger partial charge in [-0.1, -0.05) is 44.2 Å². The minimum absolute atomic E-state index is 0.424. The average Bonchev–Trinajstić information content (AvgIpc) is 2.45. The lowest BCUT2D eigenvalue weighted by Crippen LogP contribution is -2.34. The molecule has 0 fully saturated rings. The Bertz CT molecular complexity index is 340. The molecule has 1 atom stereocenters. The molecule has 0 aromatic heterocycles. The Morgan fingerprint density at radius 2 is 1.85 bits per heavy atom. The Kier molecular flexibility index (Phi) is 8.51. The van der Waals surface area contributed by atoms with Crippen LogP contribution in [0.5, 0.6) is 0 Å². The molecule has 20 heavy (non-hydrogen) atoms. The standard InChI is InChI=1S/C17H30N2O/c1-15(2)14-19(12-13-20-4)11-10-17(18-3)16-8-6-5-7-9-16/h5-9,15,17-18H,10-14H2,1-4H3. The number of methoxy groups -OCH3 is 1. The van der Waals surface area contributed by atoms with E-state index in [-0.39, 0.29) is 0 Å². The van der Waals surface area contributed by atoms with Crippen LogP contribution in [0, 0.1) is 5.92 Å². The summed E-state index contributed by atoms with van der Waals surface area (Å²) in [4.78, 5) is 2.50. The average molecular weight is 278 g/mol. The van der Waals surface area contributed by atoms with Crippen LogP contribution < -0.4 is 5.32 Å². The van der Waals surface area contributed by atoms with Crippen molar-refractivity contribution >= 4 is 0 Å². The van der Waals surface area contributed by atoms with E-state index in [4.69, 9.17) is 4.74 Å². The van der Waals surface area contributed by atoms with Gasteiger partial charge >= 0.3 is 0 Å². The summed E-state index contributed by atoms with van der Waals surface area (Å²) in [5, 5.41) is 3.43. The molecule has 0 saturated carbocycles. The molecule has 0 aliphatic carbocycles. The lowest BCUT2D eigenvalue weighted by atomic mass is 10.0. The van der Waals surface area contributed by atoms with Crippen LogP contribution in [0.15, 0.2) is 30.3 Å². The van der Waals surface area contributed by atoms with Crippen LogP contribution in [0.4, 0.5) is 0 Å². The molecule has 0 radical (unpaired) electrons. The molecule has 3 nitrogen and oxygen atoms in total. The summed E-state index contributed by atoms with van der Waals surface area (Å²) in [5.74, 6) is 0.691. The van der Waals surface area contributed by atoms with Gasteiger partial charge in [0, 0.05) is 32.8 Å². The molecular weight excluding hydrogens is 248 g/mol.